The van der Waals surface area contributed by atoms with E-state index >= 15 is 0 Å². The molecular formula is C16H17NO2. The molecule has 0 spiro atoms. The van der Waals surface area contributed by atoms with Gasteiger partial charge in [-0.1, -0.05) is 30.3 Å². The van der Waals surface area contributed by atoms with Gasteiger partial charge in [-0.2, -0.15) is 0 Å². The molecule has 0 saturated carbocycles. The molecule has 0 saturated heterocycles. The molecule has 2 N–H and O–H groups in total. The highest BCUT2D eigenvalue weighted by molar-refractivity contribution is 5.81. The van der Waals surface area contributed by atoms with Gasteiger partial charge in [0, 0.05) is 11.6 Å². The summed E-state index contributed by atoms with van der Waals surface area (Å²) in [6.07, 6.45) is 0.840. The van der Waals surface area contributed by atoms with Crippen molar-refractivity contribution >= 4 is 0 Å². The first-order chi connectivity index (χ1) is 9.09. The molecule has 1 aliphatic carbocycles. The lowest BCUT2D eigenvalue weighted by Gasteiger charge is -2.32. The Kier molecular flexibility index (Phi) is 2.72. The molecule has 3 nitrogen and oxygen atoms in total. The van der Waals surface area contributed by atoms with Gasteiger partial charge in [0.15, 0.2) is 11.5 Å². The minimum atomic E-state index is -0.0585. The molecule has 0 heterocycles. The summed E-state index contributed by atoms with van der Waals surface area (Å²) >= 11 is 0. The molecule has 0 aliphatic heterocycles. The van der Waals surface area contributed by atoms with Gasteiger partial charge < -0.3 is 15.1 Å². The van der Waals surface area contributed by atoms with E-state index in [2.05, 4.69) is 25.1 Å². The molecule has 0 aromatic heterocycles. The van der Waals surface area contributed by atoms with Crippen LogP contribution in [0.4, 0.5) is 0 Å². The zero-order valence-corrected chi connectivity index (χ0v) is 11.1. The quantitative estimate of drug-likeness (QED) is 0.770. The maximum atomic E-state index is 10.2. The van der Waals surface area contributed by atoms with E-state index in [9.17, 15) is 10.2 Å². The number of fused-ring (bicyclic) bond motifs is 3. The Morgan fingerprint density at radius 1 is 1.05 bits per heavy atom. The SMILES string of the molecule is CN(C)C1Cc2ccc(O)c(O)c2-c2ccccc21. The first-order valence-corrected chi connectivity index (χ1v) is 6.39. The number of benzene rings is 2. The standard InChI is InChI=1S/C16H17NO2/c1-17(2)13-9-10-7-8-14(18)16(19)15(10)12-6-4-3-5-11(12)13/h3-8,13,18-19H,9H2,1-2H3. The fraction of sp³-hybridized carbons (Fsp3) is 0.250. The molecule has 98 valence electrons. The average molecular weight is 255 g/mol. The van der Waals surface area contributed by atoms with Crippen molar-refractivity contribution in [1.29, 1.82) is 0 Å². The molecule has 2 aromatic rings. The van der Waals surface area contributed by atoms with E-state index in [4.69, 9.17) is 0 Å². The fourth-order valence-corrected chi connectivity index (χ4v) is 2.89. The number of phenols is 2. The largest absolute Gasteiger partial charge is 0.504 e. The van der Waals surface area contributed by atoms with E-state index in [0.29, 0.717) is 6.04 Å². The molecular weight excluding hydrogens is 238 g/mol. The van der Waals surface area contributed by atoms with Gasteiger partial charge in [0.05, 0.1) is 0 Å². The third-order valence-electron chi connectivity index (χ3n) is 3.87. The molecule has 1 unspecified atom stereocenters. The van der Waals surface area contributed by atoms with Crippen LogP contribution < -0.4 is 0 Å². The zero-order chi connectivity index (χ0) is 13.6. The van der Waals surface area contributed by atoms with Gasteiger partial charge in [0.2, 0.25) is 0 Å². The summed E-state index contributed by atoms with van der Waals surface area (Å²) in [5, 5.41) is 19.9. The highest BCUT2D eigenvalue weighted by Crippen LogP contribution is 2.47. The zero-order valence-electron chi connectivity index (χ0n) is 11.1. The Balaban J connectivity index is 2.29. The van der Waals surface area contributed by atoms with Crippen molar-refractivity contribution in [3.05, 3.63) is 47.5 Å². The van der Waals surface area contributed by atoms with Crippen molar-refractivity contribution in [2.75, 3.05) is 14.1 Å². The van der Waals surface area contributed by atoms with Gasteiger partial charge in [0.1, 0.15) is 0 Å². The molecule has 0 fully saturated rings. The fourth-order valence-electron chi connectivity index (χ4n) is 2.89. The molecule has 0 bridgehead atoms. The first kappa shape index (κ1) is 12.1. The maximum absolute atomic E-state index is 10.2. The van der Waals surface area contributed by atoms with E-state index in [1.54, 1.807) is 6.07 Å². The highest BCUT2D eigenvalue weighted by atomic mass is 16.3. The lowest BCUT2D eigenvalue weighted by molar-refractivity contribution is 0.295. The van der Waals surface area contributed by atoms with Crippen LogP contribution in [0.5, 0.6) is 11.5 Å². The second kappa shape index (κ2) is 4.28. The molecule has 19 heavy (non-hydrogen) atoms. The molecule has 2 aromatic carbocycles. The molecule has 1 aliphatic rings. The van der Waals surface area contributed by atoms with Gasteiger partial charge in [-0.3, -0.25) is 0 Å². The summed E-state index contributed by atoms with van der Waals surface area (Å²) in [6.45, 7) is 0. The molecule has 3 heteroatoms. The van der Waals surface area contributed by atoms with E-state index in [1.807, 2.05) is 24.3 Å². The minimum Gasteiger partial charge on any atom is -0.504 e. The van der Waals surface area contributed by atoms with Crippen molar-refractivity contribution in [3.8, 4) is 22.6 Å². The Hall–Kier alpha value is -2.00. The maximum Gasteiger partial charge on any atom is 0.165 e. The van der Waals surface area contributed by atoms with Gasteiger partial charge in [-0.05, 0) is 43.3 Å². The van der Waals surface area contributed by atoms with E-state index in [-0.39, 0.29) is 11.5 Å². The summed E-state index contributed by atoms with van der Waals surface area (Å²) in [5.41, 5.74) is 4.05. The lowest BCUT2D eigenvalue weighted by Crippen LogP contribution is -2.25. The van der Waals surface area contributed by atoms with Crippen LogP contribution >= 0.6 is 0 Å². The first-order valence-electron chi connectivity index (χ1n) is 6.39. The normalized spacial score (nSPS) is 17.1. The average Bonchev–Trinajstić information content (AvgIpc) is 2.41. The van der Waals surface area contributed by atoms with Gasteiger partial charge >= 0.3 is 0 Å². The minimum absolute atomic E-state index is 0.0119. The van der Waals surface area contributed by atoms with E-state index < -0.39 is 0 Å². The monoisotopic (exact) mass is 255 g/mol. The molecule has 3 rings (SSSR count). The van der Waals surface area contributed by atoms with Crippen LogP contribution in [-0.4, -0.2) is 29.2 Å². The predicted octanol–water partition coefficient (Wildman–Crippen LogP) is 2.92. The van der Waals surface area contributed by atoms with Crippen molar-refractivity contribution in [2.24, 2.45) is 0 Å². The Morgan fingerprint density at radius 2 is 1.79 bits per heavy atom. The summed E-state index contributed by atoms with van der Waals surface area (Å²) in [6, 6.07) is 11.8. The Bertz CT molecular complexity index is 635. The number of hydrogen-bond acceptors (Lipinski definition) is 3. The van der Waals surface area contributed by atoms with Crippen LogP contribution in [0.3, 0.4) is 0 Å². The third-order valence-corrected chi connectivity index (χ3v) is 3.87. The van der Waals surface area contributed by atoms with E-state index in [0.717, 1.165) is 23.1 Å². The topological polar surface area (TPSA) is 43.7 Å². The van der Waals surface area contributed by atoms with Crippen LogP contribution in [0, 0.1) is 0 Å². The number of aromatic hydroxyl groups is 2. The van der Waals surface area contributed by atoms with Crippen molar-refractivity contribution in [2.45, 2.75) is 12.5 Å². The molecule has 1 atom stereocenters. The van der Waals surface area contributed by atoms with Crippen molar-refractivity contribution in [1.82, 2.24) is 4.90 Å². The van der Waals surface area contributed by atoms with Crippen molar-refractivity contribution < 1.29 is 10.2 Å². The Labute approximate surface area is 112 Å². The number of likely N-dealkylation sites (N-methyl/N-ethyl adjacent to an activating group) is 1. The van der Waals surface area contributed by atoms with Gasteiger partial charge in [0.25, 0.3) is 0 Å². The highest BCUT2D eigenvalue weighted by Gasteiger charge is 2.28. The smallest absolute Gasteiger partial charge is 0.165 e. The summed E-state index contributed by atoms with van der Waals surface area (Å²) in [4.78, 5) is 2.19. The predicted molar refractivity (Wildman–Crippen MR) is 75.3 cm³/mol. The van der Waals surface area contributed by atoms with Crippen LogP contribution in [0.1, 0.15) is 17.2 Å². The number of rotatable bonds is 1. The van der Waals surface area contributed by atoms with Gasteiger partial charge in [-0.15, -0.1) is 0 Å². The van der Waals surface area contributed by atoms with Gasteiger partial charge in [-0.25, -0.2) is 0 Å². The van der Waals surface area contributed by atoms with E-state index in [1.165, 1.54) is 5.56 Å². The second-order valence-electron chi connectivity index (χ2n) is 5.24. The molecule has 0 radical (unpaired) electrons. The third kappa shape index (κ3) is 1.78. The van der Waals surface area contributed by atoms with Crippen LogP contribution in [0.25, 0.3) is 11.1 Å². The summed E-state index contributed by atoms with van der Waals surface area (Å²) in [7, 11) is 4.12. The second-order valence-corrected chi connectivity index (χ2v) is 5.24. The number of nitrogens with zero attached hydrogens (tertiary/aromatic N) is 1. The number of hydrogen-bond donors (Lipinski definition) is 2. The van der Waals surface area contributed by atoms with Crippen molar-refractivity contribution in [3.63, 3.8) is 0 Å². The summed E-state index contributed by atoms with van der Waals surface area (Å²) < 4.78 is 0. The Morgan fingerprint density at radius 3 is 2.53 bits per heavy atom. The van der Waals surface area contributed by atoms with Crippen LogP contribution in [0.2, 0.25) is 0 Å². The lowest BCUT2D eigenvalue weighted by atomic mass is 9.81. The summed E-state index contributed by atoms with van der Waals surface area (Å²) in [5.74, 6) is -0.0704. The molecule has 0 amide bonds. The van der Waals surface area contributed by atoms with Crippen LogP contribution in [-0.2, 0) is 6.42 Å². The van der Waals surface area contributed by atoms with Crippen LogP contribution in [0.15, 0.2) is 36.4 Å². The number of phenolic OH excluding ortho intramolecular Hbond substituents is 2.